The van der Waals surface area contributed by atoms with Gasteiger partial charge in [-0.1, -0.05) is 11.6 Å². The molecule has 0 fully saturated rings. The fraction of sp³-hybridized carbons (Fsp3) is 0.222. The standard InChI is InChI=1S/C9H9ClINO3/c10-7-5-6(11)1-2-8(7)12-9(14)15-4-3-13/h1-2,5,13H,3-4H2,(H,12,14). The lowest BCUT2D eigenvalue weighted by Gasteiger charge is -2.07. The molecule has 1 aromatic rings. The number of ether oxygens (including phenoxy) is 1. The van der Waals surface area contributed by atoms with E-state index < -0.39 is 6.09 Å². The molecule has 0 aliphatic carbocycles. The second-order valence-corrected chi connectivity index (χ2v) is 4.26. The number of aliphatic hydroxyl groups is 1. The highest BCUT2D eigenvalue weighted by molar-refractivity contribution is 14.1. The Balaban J connectivity index is 2.60. The third kappa shape index (κ3) is 4.23. The van der Waals surface area contributed by atoms with Crippen LogP contribution in [0.3, 0.4) is 0 Å². The lowest BCUT2D eigenvalue weighted by molar-refractivity contribution is 0.131. The van der Waals surface area contributed by atoms with Crippen LogP contribution in [0.25, 0.3) is 0 Å². The van der Waals surface area contributed by atoms with Crippen LogP contribution in [-0.4, -0.2) is 24.4 Å². The summed E-state index contributed by atoms with van der Waals surface area (Å²) < 4.78 is 5.60. The Morgan fingerprint density at radius 2 is 2.33 bits per heavy atom. The Kier molecular flexibility index (Phi) is 5.13. The van der Waals surface area contributed by atoms with Gasteiger partial charge in [-0.2, -0.15) is 0 Å². The third-order valence-electron chi connectivity index (χ3n) is 1.49. The van der Waals surface area contributed by atoms with E-state index in [4.69, 9.17) is 16.7 Å². The molecule has 0 aliphatic rings. The summed E-state index contributed by atoms with van der Waals surface area (Å²) in [6.07, 6.45) is -0.632. The smallest absolute Gasteiger partial charge is 0.411 e. The molecule has 0 spiro atoms. The van der Waals surface area contributed by atoms with Gasteiger partial charge < -0.3 is 9.84 Å². The lowest BCUT2D eigenvalue weighted by atomic mass is 10.3. The fourth-order valence-electron chi connectivity index (χ4n) is 0.875. The zero-order chi connectivity index (χ0) is 11.3. The van der Waals surface area contributed by atoms with Crippen LogP contribution in [-0.2, 0) is 4.74 Å². The van der Waals surface area contributed by atoms with Crippen molar-refractivity contribution >= 4 is 46.0 Å². The number of rotatable bonds is 3. The van der Waals surface area contributed by atoms with Gasteiger partial charge in [-0.05, 0) is 40.8 Å². The maximum atomic E-state index is 11.1. The molecule has 4 nitrogen and oxygen atoms in total. The first-order valence-electron chi connectivity index (χ1n) is 4.13. The van der Waals surface area contributed by atoms with E-state index >= 15 is 0 Å². The quantitative estimate of drug-likeness (QED) is 0.831. The van der Waals surface area contributed by atoms with E-state index in [9.17, 15) is 4.79 Å². The molecule has 1 rings (SSSR count). The van der Waals surface area contributed by atoms with Gasteiger partial charge in [-0.3, -0.25) is 5.32 Å². The zero-order valence-electron chi connectivity index (χ0n) is 7.67. The third-order valence-corrected chi connectivity index (χ3v) is 2.48. The molecule has 15 heavy (non-hydrogen) atoms. The summed E-state index contributed by atoms with van der Waals surface area (Å²) in [5.41, 5.74) is 0.486. The van der Waals surface area contributed by atoms with Crippen LogP contribution in [0.1, 0.15) is 0 Å². The number of carbonyl (C=O) groups excluding carboxylic acids is 1. The molecule has 0 radical (unpaired) electrons. The SMILES string of the molecule is O=C(Nc1ccc(I)cc1Cl)OCCO. The van der Waals surface area contributed by atoms with Gasteiger partial charge in [-0.25, -0.2) is 4.79 Å². The highest BCUT2D eigenvalue weighted by Crippen LogP contribution is 2.23. The molecule has 82 valence electrons. The number of nitrogens with one attached hydrogen (secondary N) is 1. The van der Waals surface area contributed by atoms with Crippen molar-refractivity contribution < 1.29 is 14.6 Å². The lowest BCUT2D eigenvalue weighted by Crippen LogP contribution is -2.15. The molecule has 0 saturated heterocycles. The Bertz CT molecular complexity index is 359. The van der Waals surface area contributed by atoms with Gasteiger partial charge in [0, 0.05) is 3.57 Å². The van der Waals surface area contributed by atoms with Crippen molar-refractivity contribution in [2.75, 3.05) is 18.5 Å². The number of anilines is 1. The number of carbonyl (C=O) groups is 1. The van der Waals surface area contributed by atoms with Crippen LogP contribution >= 0.6 is 34.2 Å². The van der Waals surface area contributed by atoms with Crippen molar-refractivity contribution in [3.05, 3.63) is 26.8 Å². The van der Waals surface area contributed by atoms with Crippen molar-refractivity contribution in [3.63, 3.8) is 0 Å². The van der Waals surface area contributed by atoms with Gasteiger partial charge in [-0.15, -0.1) is 0 Å². The van der Waals surface area contributed by atoms with Crippen LogP contribution in [0, 0.1) is 3.57 Å². The average Bonchev–Trinajstić information content (AvgIpc) is 2.19. The van der Waals surface area contributed by atoms with Gasteiger partial charge in [0.25, 0.3) is 0 Å². The van der Waals surface area contributed by atoms with Gasteiger partial charge in [0.2, 0.25) is 0 Å². The van der Waals surface area contributed by atoms with E-state index in [0.717, 1.165) is 3.57 Å². The van der Waals surface area contributed by atoms with E-state index in [1.807, 2.05) is 6.07 Å². The first-order valence-corrected chi connectivity index (χ1v) is 5.59. The summed E-state index contributed by atoms with van der Waals surface area (Å²) in [6, 6.07) is 5.22. The molecule has 0 bridgehead atoms. The summed E-state index contributed by atoms with van der Waals surface area (Å²) >= 11 is 8.00. The van der Waals surface area contributed by atoms with Crippen LogP contribution in [0.2, 0.25) is 5.02 Å². The zero-order valence-corrected chi connectivity index (χ0v) is 10.6. The van der Waals surface area contributed by atoms with Gasteiger partial charge in [0.15, 0.2) is 0 Å². The van der Waals surface area contributed by atoms with E-state index in [0.29, 0.717) is 10.7 Å². The van der Waals surface area contributed by atoms with Crippen molar-refractivity contribution in [1.82, 2.24) is 0 Å². The normalized spacial score (nSPS) is 9.80. The molecule has 0 heterocycles. The Labute approximate surface area is 106 Å². The molecule has 0 aromatic heterocycles. The summed E-state index contributed by atoms with van der Waals surface area (Å²) in [6.45, 7) is -0.234. The molecule has 1 aromatic carbocycles. The molecular weight excluding hydrogens is 332 g/mol. The highest BCUT2D eigenvalue weighted by Gasteiger charge is 2.06. The second kappa shape index (κ2) is 6.14. The molecule has 1 amide bonds. The molecule has 0 atom stereocenters. The van der Waals surface area contributed by atoms with E-state index in [1.165, 1.54) is 0 Å². The molecular formula is C9H9ClINO3. The van der Waals surface area contributed by atoms with E-state index in [-0.39, 0.29) is 13.2 Å². The van der Waals surface area contributed by atoms with Crippen LogP contribution in [0.4, 0.5) is 10.5 Å². The molecule has 0 unspecified atom stereocenters. The number of hydrogen-bond acceptors (Lipinski definition) is 3. The first kappa shape index (κ1) is 12.5. The molecule has 0 aliphatic heterocycles. The van der Waals surface area contributed by atoms with E-state index in [2.05, 4.69) is 32.6 Å². The molecule has 6 heteroatoms. The monoisotopic (exact) mass is 341 g/mol. The van der Waals surface area contributed by atoms with Crippen LogP contribution in [0.5, 0.6) is 0 Å². The van der Waals surface area contributed by atoms with Crippen molar-refractivity contribution in [3.8, 4) is 0 Å². The van der Waals surface area contributed by atoms with Crippen molar-refractivity contribution in [2.45, 2.75) is 0 Å². The minimum Gasteiger partial charge on any atom is -0.447 e. The Morgan fingerprint density at radius 3 is 2.93 bits per heavy atom. The summed E-state index contributed by atoms with van der Waals surface area (Å²) in [5, 5.41) is 11.4. The number of benzene rings is 1. The number of hydrogen-bond donors (Lipinski definition) is 2. The van der Waals surface area contributed by atoms with Gasteiger partial charge >= 0.3 is 6.09 Å². The minimum absolute atomic E-state index is 0.0339. The predicted octanol–water partition coefficient (Wildman–Crippen LogP) is 2.49. The average molecular weight is 342 g/mol. The van der Waals surface area contributed by atoms with Gasteiger partial charge in [0.1, 0.15) is 6.61 Å². The summed E-state index contributed by atoms with van der Waals surface area (Å²) in [4.78, 5) is 11.1. The number of halogens is 2. The maximum Gasteiger partial charge on any atom is 0.411 e. The first-order chi connectivity index (χ1) is 7.13. The number of amides is 1. The minimum atomic E-state index is -0.632. The van der Waals surface area contributed by atoms with Crippen LogP contribution < -0.4 is 5.32 Å². The topological polar surface area (TPSA) is 58.6 Å². The van der Waals surface area contributed by atoms with Crippen molar-refractivity contribution in [2.24, 2.45) is 0 Å². The Morgan fingerprint density at radius 1 is 1.60 bits per heavy atom. The number of aliphatic hydroxyl groups excluding tert-OH is 1. The second-order valence-electron chi connectivity index (χ2n) is 2.61. The van der Waals surface area contributed by atoms with Gasteiger partial charge in [0.05, 0.1) is 17.3 Å². The largest absolute Gasteiger partial charge is 0.447 e. The van der Waals surface area contributed by atoms with Crippen molar-refractivity contribution in [1.29, 1.82) is 0 Å². The molecule has 0 saturated carbocycles. The Hall–Kier alpha value is -0.530. The highest BCUT2D eigenvalue weighted by atomic mass is 127. The van der Waals surface area contributed by atoms with Crippen LogP contribution in [0.15, 0.2) is 18.2 Å². The van der Waals surface area contributed by atoms with E-state index in [1.54, 1.807) is 12.1 Å². The summed E-state index contributed by atoms with van der Waals surface area (Å²) in [7, 11) is 0. The fourth-order valence-corrected chi connectivity index (χ4v) is 1.78. The predicted molar refractivity (Wildman–Crippen MR) is 66.2 cm³/mol. The molecule has 2 N–H and O–H groups in total. The maximum absolute atomic E-state index is 11.1. The summed E-state index contributed by atoms with van der Waals surface area (Å²) in [5.74, 6) is 0.